The Kier molecular flexibility index (Phi) is 3.39. The molecule has 0 fully saturated rings. The SMILES string of the molecule is O=[N+]([O-])c1ccc(CNc2cccc3c2[nH]c2ccccc23)cc1. The number of aromatic nitrogens is 1. The zero-order chi connectivity index (χ0) is 16.5. The molecule has 24 heavy (non-hydrogen) atoms. The monoisotopic (exact) mass is 317 g/mol. The van der Waals surface area contributed by atoms with E-state index in [9.17, 15) is 10.1 Å². The molecular weight excluding hydrogens is 302 g/mol. The lowest BCUT2D eigenvalue weighted by molar-refractivity contribution is -0.384. The van der Waals surface area contributed by atoms with Crippen LogP contribution >= 0.6 is 0 Å². The van der Waals surface area contributed by atoms with Crippen LogP contribution in [0.15, 0.2) is 66.7 Å². The van der Waals surface area contributed by atoms with Gasteiger partial charge in [-0.1, -0.05) is 42.5 Å². The van der Waals surface area contributed by atoms with E-state index >= 15 is 0 Å². The number of non-ortho nitro benzene ring substituents is 1. The fourth-order valence-electron chi connectivity index (χ4n) is 2.95. The second-order valence-corrected chi connectivity index (χ2v) is 5.68. The predicted molar refractivity (Wildman–Crippen MR) is 96.2 cm³/mol. The van der Waals surface area contributed by atoms with Crippen LogP contribution in [-0.4, -0.2) is 9.91 Å². The van der Waals surface area contributed by atoms with Crippen LogP contribution in [-0.2, 0) is 6.54 Å². The molecular formula is C19H15N3O2. The van der Waals surface area contributed by atoms with Crippen LogP contribution in [0.25, 0.3) is 21.8 Å². The summed E-state index contributed by atoms with van der Waals surface area (Å²) < 4.78 is 0. The Morgan fingerprint density at radius 1 is 0.917 bits per heavy atom. The summed E-state index contributed by atoms with van der Waals surface area (Å²) in [5.74, 6) is 0. The molecule has 0 bridgehead atoms. The summed E-state index contributed by atoms with van der Waals surface area (Å²) in [4.78, 5) is 13.8. The molecule has 0 radical (unpaired) electrons. The van der Waals surface area contributed by atoms with Crippen molar-refractivity contribution in [1.82, 2.24) is 4.98 Å². The summed E-state index contributed by atoms with van der Waals surface area (Å²) >= 11 is 0. The first-order valence-electron chi connectivity index (χ1n) is 7.69. The Bertz CT molecular complexity index is 1040. The van der Waals surface area contributed by atoms with Crippen molar-refractivity contribution in [2.75, 3.05) is 5.32 Å². The highest BCUT2D eigenvalue weighted by Gasteiger charge is 2.08. The van der Waals surface area contributed by atoms with Crippen LogP contribution in [0.3, 0.4) is 0 Å². The molecule has 0 spiro atoms. The van der Waals surface area contributed by atoms with Crippen molar-refractivity contribution >= 4 is 33.2 Å². The molecule has 4 aromatic rings. The molecule has 2 N–H and O–H groups in total. The van der Waals surface area contributed by atoms with Crippen LogP contribution in [0.4, 0.5) is 11.4 Å². The molecule has 5 heteroatoms. The van der Waals surface area contributed by atoms with Gasteiger partial charge in [-0.15, -0.1) is 0 Å². The highest BCUT2D eigenvalue weighted by molar-refractivity contribution is 6.11. The first kappa shape index (κ1) is 14.3. The fourth-order valence-corrected chi connectivity index (χ4v) is 2.95. The highest BCUT2D eigenvalue weighted by atomic mass is 16.6. The van der Waals surface area contributed by atoms with Gasteiger partial charge in [-0.2, -0.15) is 0 Å². The van der Waals surface area contributed by atoms with Crippen molar-refractivity contribution in [2.45, 2.75) is 6.54 Å². The van der Waals surface area contributed by atoms with E-state index in [0.717, 1.165) is 22.3 Å². The van der Waals surface area contributed by atoms with Crippen molar-refractivity contribution in [3.8, 4) is 0 Å². The van der Waals surface area contributed by atoms with Crippen molar-refractivity contribution in [3.63, 3.8) is 0 Å². The van der Waals surface area contributed by atoms with E-state index in [-0.39, 0.29) is 10.6 Å². The highest BCUT2D eigenvalue weighted by Crippen LogP contribution is 2.30. The van der Waals surface area contributed by atoms with Gasteiger partial charge in [0.1, 0.15) is 0 Å². The Morgan fingerprint density at radius 2 is 1.67 bits per heavy atom. The second-order valence-electron chi connectivity index (χ2n) is 5.68. The normalized spacial score (nSPS) is 11.0. The third-order valence-electron chi connectivity index (χ3n) is 4.17. The van der Waals surface area contributed by atoms with E-state index in [0.29, 0.717) is 6.54 Å². The molecule has 0 saturated carbocycles. The Morgan fingerprint density at radius 3 is 2.46 bits per heavy atom. The van der Waals surface area contributed by atoms with Gasteiger partial charge in [0, 0.05) is 35.0 Å². The number of nitro benzene ring substituents is 1. The number of H-pyrrole nitrogens is 1. The van der Waals surface area contributed by atoms with E-state index in [4.69, 9.17) is 0 Å². The predicted octanol–water partition coefficient (Wildman–Crippen LogP) is 4.84. The number of aromatic amines is 1. The molecule has 0 aliphatic carbocycles. The summed E-state index contributed by atoms with van der Waals surface area (Å²) in [6, 6.07) is 21.0. The first-order chi connectivity index (χ1) is 11.7. The number of nitrogens with one attached hydrogen (secondary N) is 2. The minimum atomic E-state index is -0.386. The van der Waals surface area contributed by atoms with Crippen molar-refractivity contribution < 1.29 is 4.92 Å². The Labute approximate surface area is 138 Å². The zero-order valence-electron chi connectivity index (χ0n) is 12.8. The van der Waals surface area contributed by atoms with E-state index in [1.165, 1.54) is 22.9 Å². The number of hydrogen-bond acceptors (Lipinski definition) is 3. The molecule has 0 unspecified atom stereocenters. The van der Waals surface area contributed by atoms with Gasteiger partial charge in [-0.05, 0) is 17.7 Å². The van der Waals surface area contributed by atoms with Crippen LogP contribution in [0.2, 0.25) is 0 Å². The van der Waals surface area contributed by atoms with E-state index in [1.807, 2.05) is 24.3 Å². The molecule has 3 aromatic carbocycles. The largest absolute Gasteiger partial charge is 0.379 e. The first-order valence-corrected chi connectivity index (χ1v) is 7.69. The summed E-state index contributed by atoms with van der Waals surface area (Å²) in [7, 11) is 0. The van der Waals surface area contributed by atoms with Gasteiger partial charge in [0.25, 0.3) is 5.69 Å². The molecule has 4 rings (SSSR count). The second kappa shape index (κ2) is 5.70. The molecule has 0 saturated heterocycles. The Hall–Kier alpha value is -3.34. The number of hydrogen-bond donors (Lipinski definition) is 2. The molecule has 0 aliphatic rings. The third kappa shape index (κ3) is 2.46. The average molecular weight is 317 g/mol. The minimum Gasteiger partial charge on any atom is -0.379 e. The molecule has 1 aromatic heterocycles. The topological polar surface area (TPSA) is 71.0 Å². The number of benzene rings is 3. The van der Waals surface area contributed by atoms with E-state index < -0.39 is 0 Å². The number of rotatable bonds is 4. The van der Waals surface area contributed by atoms with Gasteiger partial charge in [0.05, 0.1) is 16.1 Å². The van der Waals surface area contributed by atoms with Crippen LogP contribution in [0.1, 0.15) is 5.56 Å². The van der Waals surface area contributed by atoms with Gasteiger partial charge < -0.3 is 10.3 Å². The zero-order valence-corrected chi connectivity index (χ0v) is 12.8. The number of para-hydroxylation sites is 2. The summed E-state index contributed by atoms with van der Waals surface area (Å²) in [5, 5.41) is 16.5. The standard InChI is InChI=1S/C19H15N3O2/c23-22(24)14-10-8-13(9-11-14)12-20-18-7-3-5-16-15-4-1-2-6-17(15)21-19(16)18/h1-11,20-21H,12H2. The maximum atomic E-state index is 10.7. The van der Waals surface area contributed by atoms with Crippen LogP contribution < -0.4 is 5.32 Å². The third-order valence-corrected chi connectivity index (χ3v) is 4.17. The van der Waals surface area contributed by atoms with E-state index in [2.05, 4.69) is 28.5 Å². The van der Waals surface area contributed by atoms with Crippen molar-refractivity contribution in [3.05, 3.63) is 82.4 Å². The van der Waals surface area contributed by atoms with Crippen molar-refractivity contribution in [2.24, 2.45) is 0 Å². The summed E-state index contributed by atoms with van der Waals surface area (Å²) in [6.07, 6.45) is 0. The van der Waals surface area contributed by atoms with Gasteiger partial charge in [0.15, 0.2) is 0 Å². The lowest BCUT2D eigenvalue weighted by Gasteiger charge is -2.08. The van der Waals surface area contributed by atoms with Crippen molar-refractivity contribution in [1.29, 1.82) is 0 Å². The maximum Gasteiger partial charge on any atom is 0.269 e. The Balaban J connectivity index is 1.63. The van der Waals surface area contributed by atoms with E-state index in [1.54, 1.807) is 12.1 Å². The fraction of sp³-hybridized carbons (Fsp3) is 0.0526. The number of fused-ring (bicyclic) bond motifs is 3. The van der Waals surface area contributed by atoms with Crippen LogP contribution in [0, 0.1) is 10.1 Å². The van der Waals surface area contributed by atoms with Gasteiger partial charge in [-0.25, -0.2) is 0 Å². The number of nitro groups is 1. The molecule has 0 amide bonds. The van der Waals surface area contributed by atoms with Gasteiger partial charge >= 0.3 is 0 Å². The molecule has 0 atom stereocenters. The van der Waals surface area contributed by atoms with Gasteiger partial charge in [0.2, 0.25) is 0 Å². The number of nitrogens with zero attached hydrogens (tertiary/aromatic N) is 1. The number of anilines is 1. The quantitative estimate of drug-likeness (QED) is 0.418. The lowest BCUT2D eigenvalue weighted by Crippen LogP contribution is -2.00. The van der Waals surface area contributed by atoms with Gasteiger partial charge in [-0.3, -0.25) is 10.1 Å². The molecule has 0 aliphatic heterocycles. The maximum absolute atomic E-state index is 10.7. The van der Waals surface area contributed by atoms with Crippen LogP contribution in [0.5, 0.6) is 0 Å². The summed E-state index contributed by atoms with van der Waals surface area (Å²) in [6.45, 7) is 0.604. The lowest BCUT2D eigenvalue weighted by atomic mass is 10.1. The molecule has 118 valence electrons. The molecule has 5 nitrogen and oxygen atoms in total. The average Bonchev–Trinajstić information content (AvgIpc) is 2.99. The molecule has 1 heterocycles. The smallest absolute Gasteiger partial charge is 0.269 e. The minimum absolute atomic E-state index is 0.108. The summed E-state index contributed by atoms with van der Waals surface area (Å²) in [5.41, 5.74) is 4.30.